The van der Waals surface area contributed by atoms with E-state index in [1.807, 2.05) is 0 Å². The van der Waals surface area contributed by atoms with Gasteiger partial charge in [-0.05, 0) is 36.6 Å². The topological polar surface area (TPSA) is 98.5 Å². The van der Waals surface area contributed by atoms with Gasteiger partial charge in [0.15, 0.2) is 9.84 Å². The van der Waals surface area contributed by atoms with Crippen LogP contribution in [0.3, 0.4) is 0 Å². The monoisotopic (exact) mass is 342 g/mol. The highest BCUT2D eigenvalue weighted by molar-refractivity contribution is 7.91. The molecule has 0 radical (unpaired) electrons. The summed E-state index contributed by atoms with van der Waals surface area (Å²) in [5, 5.41) is 2.87. The quantitative estimate of drug-likeness (QED) is 0.703. The van der Waals surface area contributed by atoms with E-state index >= 15 is 0 Å². The summed E-state index contributed by atoms with van der Waals surface area (Å²) in [5.74, 6) is 0.0951. The van der Waals surface area contributed by atoms with Crippen LogP contribution in [0.1, 0.15) is 30.6 Å². The smallest absolute Gasteiger partial charge is 0.251 e. The van der Waals surface area contributed by atoms with E-state index < -0.39 is 9.84 Å². The second kappa shape index (κ2) is 9.00. The Bertz CT molecular complexity index is 597. The molecule has 0 aliphatic rings. The summed E-state index contributed by atoms with van der Waals surface area (Å²) >= 11 is 0. The molecule has 0 spiro atoms. The molecule has 130 valence electrons. The van der Waals surface area contributed by atoms with Crippen LogP contribution in [0, 0.1) is 5.92 Å². The van der Waals surface area contributed by atoms with Crippen LogP contribution in [0.25, 0.3) is 0 Å². The fourth-order valence-corrected chi connectivity index (χ4v) is 3.35. The van der Waals surface area contributed by atoms with Gasteiger partial charge in [0.1, 0.15) is 0 Å². The second-order valence-corrected chi connectivity index (χ2v) is 7.98. The van der Waals surface area contributed by atoms with Gasteiger partial charge in [-0.2, -0.15) is 0 Å². The summed E-state index contributed by atoms with van der Waals surface area (Å²) in [7, 11) is -1.93. The van der Waals surface area contributed by atoms with Gasteiger partial charge < -0.3 is 15.8 Å². The van der Waals surface area contributed by atoms with Crippen molar-refractivity contribution in [3.8, 4) is 0 Å². The minimum absolute atomic E-state index is 0.0846. The second-order valence-electron chi connectivity index (χ2n) is 5.87. The van der Waals surface area contributed by atoms with Crippen LogP contribution in [0.5, 0.6) is 0 Å². The number of nitrogens with one attached hydrogen (secondary N) is 1. The van der Waals surface area contributed by atoms with Gasteiger partial charge in [0.2, 0.25) is 0 Å². The van der Waals surface area contributed by atoms with Crippen molar-refractivity contribution >= 4 is 15.7 Å². The molecule has 1 aromatic rings. The first-order valence-electron chi connectivity index (χ1n) is 7.62. The first-order chi connectivity index (χ1) is 10.8. The predicted octanol–water partition coefficient (Wildman–Crippen LogP) is 1.21. The summed E-state index contributed by atoms with van der Waals surface area (Å²) in [6, 6.07) is 5.82. The van der Waals surface area contributed by atoms with Crippen molar-refractivity contribution in [3.63, 3.8) is 0 Å². The van der Waals surface area contributed by atoms with Crippen molar-refractivity contribution < 1.29 is 17.9 Å². The van der Waals surface area contributed by atoms with E-state index in [0.717, 1.165) is 6.42 Å². The Morgan fingerprint density at radius 3 is 2.35 bits per heavy atom. The van der Waals surface area contributed by atoms with Gasteiger partial charge in [0.25, 0.3) is 5.91 Å². The Balaban J connectivity index is 2.77. The molecule has 3 N–H and O–H groups in total. The number of methoxy groups -OCH3 is 1. The number of amides is 1. The average Bonchev–Trinajstić information content (AvgIpc) is 2.52. The molecule has 6 nitrogen and oxygen atoms in total. The normalized spacial score (nSPS) is 13.1. The van der Waals surface area contributed by atoms with E-state index in [1.54, 1.807) is 0 Å². The molecule has 0 saturated carbocycles. The van der Waals surface area contributed by atoms with Crippen molar-refractivity contribution in [2.45, 2.75) is 31.2 Å². The lowest BCUT2D eigenvalue weighted by Gasteiger charge is -2.18. The number of hydrogen-bond donors (Lipinski definition) is 2. The van der Waals surface area contributed by atoms with Crippen LogP contribution in [0.15, 0.2) is 29.2 Å². The highest BCUT2D eigenvalue weighted by Gasteiger charge is 2.17. The fraction of sp³-hybridized carbons (Fsp3) is 0.562. The average molecular weight is 342 g/mol. The minimum atomic E-state index is -3.39. The van der Waals surface area contributed by atoms with Gasteiger partial charge in [0.05, 0.1) is 17.3 Å². The first-order valence-corrected chi connectivity index (χ1v) is 9.28. The Hall–Kier alpha value is -1.44. The molecule has 0 bridgehead atoms. The van der Waals surface area contributed by atoms with E-state index in [-0.39, 0.29) is 29.2 Å². The summed E-state index contributed by atoms with van der Waals surface area (Å²) in [6.45, 7) is 4.63. The van der Waals surface area contributed by atoms with Crippen molar-refractivity contribution in [2.24, 2.45) is 11.7 Å². The standard InChI is InChI=1S/C16H26N2O4S/c1-12(2)10-14(11-17)18-16(19)13-4-6-15(7-5-13)23(20,21)9-8-22-3/h4-7,12,14H,8-11,17H2,1-3H3,(H,18,19). The van der Waals surface area contributed by atoms with Crippen molar-refractivity contribution in [2.75, 3.05) is 26.0 Å². The number of rotatable bonds is 9. The van der Waals surface area contributed by atoms with Gasteiger partial charge in [-0.3, -0.25) is 4.79 Å². The lowest BCUT2D eigenvalue weighted by Crippen LogP contribution is -2.41. The molecule has 0 aliphatic heterocycles. The Labute approximate surface area is 138 Å². The third kappa shape index (κ3) is 6.29. The molecule has 23 heavy (non-hydrogen) atoms. The molecule has 1 rings (SSSR count). The number of hydrogen-bond acceptors (Lipinski definition) is 5. The maximum atomic E-state index is 12.2. The van der Waals surface area contributed by atoms with Gasteiger partial charge in [-0.15, -0.1) is 0 Å². The zero-order valence-electron chi connectivity index (χ0n) is 13.9. The Morgan fingerprint density at radius 1 is 1.26 bits per heavy atom. The van der Waals surface area contributed by atoms with Gasteiger partial charge in [-0.25, -0.2) is 8.42 Å². The maximum absolute atomic E-state index is 12.2. The zero-order chi connectivity index (χ0) is 17.5. The molecule has 1 unspecified atom stereocenters. The van der Waals surface area contributed by atoms with Crippen LogP contribution in [0.2, 0.25) is 0 Å². The zero-order valence-corrected chi connectivity index (χ0v) is 14.7. The number of carbonyl (C=O) groups excluding carboxylic acids is 1. The van der Waals surface area contributed by atoms with Gasteiger partial charge >= 0.3 is 0 Å². The van der Waals surface area contributed by atoms with E-state index in [9.17, 15) is 13.2 Å². The lowest BCUT2D eigenvalue weighted by molar-refractivity contribution is 0.0933. The van der Waals surface area contributed by atoms with Crippen molar-refractivity contribution in [3.05, 3.63) is 29.8 Å². The maximum Gasteiger partial charge on any atom is 0.251 e. The fourth-order valence-electron chi connectivity index (χ4n) is 2.18. The number of ether oxygens (including phenoxy) is 1. The van der Waals surface area contributed by atoms with Crippen molar-refractivity contribution in [1.82, 2.24) is 5.32 Å². The van der Waals surface area contributed by atoms with E-state index in [2.05, 4.69) is 19.2 Å². The van der Waals surface area contributed by atoms with Crippen molar-refractivity contribution in [1.29, 1.82) is 0 Å². The van der Waals surface area contributed by atoms with Gasteiger partial charge in [0, 0.05) is 25.3 Å². The predicted molar refractivity (Wildman–Crippen MR) is 90.1 cm³/mol. The van der Waals surface area contributed by atoms with Crippen LogP contribution < -0.4 is 11.1 Å². The molecule has 0 aliphatic carbocycles. The number of sulfone groups is 1. The van der Waals surface area contributed by atoms with Crippen LogP contribution >= 0.6 is 0 Å². The third-order valence-corrected chi connectivity index (χ3v) is 5.10. The lowest BCUT2D eigenvalue weighted by atomic mass is 10.0. The SMILES string of the molecule is COCCS(=O)(=O)c1ccc(C(=O)NC(CN)CC(C)C)cc1. The summed E-state index contributed by atoms with van der Waals surface area (Å²) in [5.41, 5.74) is 6.08. The minimum Gasteiger partial charge on any atom is -0.384 e. The Kier molecular flexibility index (Phi) is 7.67. The summed E-state index contributed by atoms with van der Waals surface area (Å²) in [6.07, 6.45) is 0.797. The summed E-state index contributed by atoms with van der Waals surface area (Å²) in [4.78, 5) is 12.4. The molecule has 0 heterocycles. The van der Waals surface area contributed by atoms with E-state index in [4.69, 9.17) is 10.5 Å². The number of nitrogens with two attached hydrogens (primary N) is 1. The van der Waals surface area contributed by atoms with E-state index in [1.165, 1.54) is 31.4 Å². The van der Waals surface area contributed by atoms with Crippen LogP contribution in [-0.2, 0) is 14.6 Å². The molecule has 0 aromatic heterocycles. The molecule has 7 heteroatoms. The largest absolute Gasteiger partial charge is 0.384 e. The molecular formula is C16H26N2O4S. The molecule has 0 fully saturated rings. The molecule has 0 saturated heterocycles. The molecular weight excluding hydrogens is 316 g/mol. The summed E-state index contributed by atoms with van der Waals surface area (Å²) < 4.78 is 28.8. The van der Waals surface area contributed by atoms with E-state index in [0.29, 0.717) is 18.0 Å². The number of benzene rings is 1. The van der Waals surface area contributed by atoms with Crippen LogP contribution in [-0.4, -0.2) is 46.4 Å². The third-order valence-electron chi connectivity index (χ3n) is 3.41. The highest BCUT2D eigenvalue weighted by atomic mass is 32.2. The Morgan fingerprint density at radius 2 is 1.87 bits per heavy atom. The number of carbonyl (C=O) groups is 1. The molecule has 1 aromatic carbocycles. The van der Waals surface area contributed by atoms with Gasteiger partial charge in [-0.1, -0.05) is 13.8 Å². The van der Waals surface area contributed by atoms with Crippen LogP contribution in [0.4, 0.5) is 0 Å². The molecule has 1 amide bonds. The first kappa shape index (κ1) is 19.6. The molecule has 1 atom stereocenters. The highest BCUT2D eigenvalue weighted by Crippen LogP contribution is 2.13.